The zero-order valence-corrected chi connectivity index (χ0v) is 16.8. The number of anilines is 1. The van der Waals surface area contributed by atoms with Crippen LogP contribution in [0.1, 0.15) is 28.8 Å². The molecule has 0 spiro atoms. The van der Waals surface area contributed by atoms with Crippen molar-refractivity contribution in [3.05, 3.63) is 29.1 Å². The maximum atomic E-state index is 14.6. The summed E-state index contributed by atoms with van der Waals surface area (Å²) >= 11 is 0. The summed E-state index contributed by atoms with van der Waals surface area (Å²) in [5.74, 6) is -1.08. The van der Waals surface area contributed by atoms with Gasteiger partial charge in [0, 0.05) is 51.9 Å². The molecule has 0 radical (unpaired) electrons. The van der Waals surface area contributed by atoms with Crippen LogP contribution in [0, 0.1) is 11.7 Å². The Morgan fingerprint density at radius 3 is 2.59 bits per heavy atom. The van der Waals surface area contributed by atoms with Crippen molar-refractivity contribution in [1.82, 2.24) is 10.2 Å². The minimum absolute atomic E-state index is 0.0170. The number of imide groups is 1. The van der Waals surface area contributed by atoms with Crippen LogP contribution in [0.4, 0.5) is 10.1 Å². The summed E-state index contributed by atoms with van der Waals surface area (Å²) < 4.78 is 25.1. The number of likely N-dealkylation sites (N-methyl/N-ethyl adjacent to an activating group) is 1. The third-order valence-corrected chi connectivity index (χ3v) is 5.60. The Morgan fingerprint density at radius 1 is 1.31 bits per heavy atom. The number of nitrogens with one attached hydrogen (secondary N) is 1. The number of rotatable bonds is 8. The summed E-state index contributed by atoms with van der Waals surface area (Å²) in [6.07, 6.45) is 0.828. The molecule has 0 saturated carbocycles. The first kappa shape index (κ1) is 21.4. The third kappa shape index (κ3) is 4.47. The van der Waals surface area contributed by atoms with Gasteiger partial charge in [0.1, 0.15) is 5.82 Å². The number of methoxy groups -OCH3 is 2. The van der Waals surface area contributed by atoms with E-state index in [1.807, 2.05) is 4.90 Å². The van der Waals surface area contributed by atoms with Gasteiger partial charge in [0.05, 0.1) is 11.6 Å². The van der Waals surface area contributed by atoms with Crippen molar-refractivity contribution in [3.8, 4) is 0 Å². The molecule has 2 aliphatic rings. The lowest BCUT2D eigenvalue weighted by Gasteiger charge is -2.43. The normalized spacial score (nSPS) is 20.2. The molecule has 2 aliphatic heterocycles. The molecule has 2 amide bonds. The molecule has 2 heterocycles. The van der Waals surface area contributed by atoms with Crippen molar-refractivity contribution in [3.63, 3.8) is 0 Å². The van der Waals surface area contributed by atoms with E-state index >= 15 is 0 Å². The van der Waals surface area contributed by atoms with Crippen LogP contribution in [0.15, 0.2) is 12.1 Å². The van der Waals surface area contributed by atoms with Gasteiger partial charge in [0.15, 0.2) is 12.6 Å². The van der Waals surface area contributed by atoms with Gasteiger partial charge in [-0.15, -0.1) is 0 Å². The van der Waals surface area contributed by atoms with Crippen molar-refractivity contribution in [2.75, 3.05) is 39.3 Å². The highest BCUT2D eigenvalue weighted by atomic mass is 19.1. The van der Waals surface area contributed by atoms with Crippen LogP contribution in [0.2, 0.25) is 0 Å². The second-order valence-electron chi connectivity index (χ2n) is 7.51. The van der Waals surface area contributed by atoms with Gasteiger partial charge in [-0.05, 0) is 31.2 Å². The van der Waals surface area contributed by atoms with E-state index in [2.05, 4.69) is 5.32 Å². The second kappa shape index (κ2) is 8.98. The number of hydrogen-bond acceptors (Lipinski definition) is 7. The number of benzene rings is 1. The molecule has 3 rings (SSSR count). The van der Waals surface area contributed by atoms with Gasteiger partial charge in [0.25, 0.3) is 0 Å². The average molecular weight is 407 g/mol. The molecule has 1 N–H and O–H groups in total. The van der Waals surface area contributed by atoms with Gasteiger partial charge < -0.3 is 14.4 Å². The first-order chi connectivity index (χ1) is 13.9. The van der Waals surface area contributed by atoms with E-state index in [0.717, 1.165) is 0 Å². The van der Waals surface area contributed by atoms with Crippen LogP contribution in [0.3, 0.4) is 0 Å². The molecule has 1 aromatic carbocycles. The van der Waals surface area contributed by atoms with Crippen molar-refractivity contribution in [2.45, 2.75) is 31.7 Å². The molecule has 0 aromatic heterocycles. The standard InChI is InChI=1S/C20H26FN3O5/c1-23(17-4-5-18(26)22-19(17)27)8-12-6-14(7-16(21)15(12)11-25)24-9-13(10-24)20(28-2)29-3/h6-7,11,13,17,20H,4-5,8-10H2,1-3H3,(H,22,26,27). The first-order valence-corrected chi connectivity index (χ1v) is 9.50. The Labute approximate surface area is 168 Å². The van der Waals surface area contributed by atoms with Crippen molar-refractivity contribution in [2.24, 2.45) is 5.92 Å². The highest BCUT2D eigenvalue weighted by molar-refractivity contribution is 6.00. The number of carbonyl (C=O) groups excluding carboxylic acids is 3. The Balaban J connectivity index is 1.75. The SMILES string of the molecule is COC(OC)C1CN(c2cc(F)c(C=O)c(CN(C)C3CCC(=O)NC3=O)c2)C1. The molecule has 1 aromatic rings. The summed E-state index contributed by atoms with van der Waals surface area (Å²) in [5.41, 5.74) is 1.15. The van der Waals surface area contributed by atoms with Crippen LogP contribution >= 0.6 is 0 Å². The number of amides is 2. The van der Waals surface area contributed by atoms with Crippen LogP contribution in [0.25, 0.3) is 0 Å². The largest absolute Gasteiger partial charge is 0.370 e. The van der Waals surface area contributed by atoms with Gasteiger partial charge in [-0.2, -0.15) is 0 Å². The molecule has 2 fully saturated rings. The number of piperidine rings is 1. The Bertz CT molecular complexity index is 793. The molecule has 1 atom stereocenters. The number of carbonyl (C=O) groups is 3. The van der Waals surface area contributed by atoms with Crippen molar-refractivity contribution >= 4 is 23.8 Å². The van der Waals surface area contributed by atoms with Crippen LogP contribution < -0.4 is 10.2 Å². The molecule has 0 bridgehead atoms. The fourth-order valence-corrected chi connectivity index (χ4v) is 3.96. The molecule has 9 heteroatoms. The molecular formula is C20H26FN3O5. The van der Waals surface area contributed by atoms with Gasteiger partial charge >= 0.3 is 0 Å². The Kier molecular flexibility index (Phi) is 6.61. The number of hydrogen-bond donors (Lipinski definition) is 1. The van der Waals surface area contributed by atoms with E-state index in [1.54, 1.807) is 32.2 Å². The lowest BCUT2D eigenvalue weighted by molar-refractivity contribution is -0.142. The Hall–Kier alpha value is -2.36. The fourth-order valence-electron chi connectivity index (χ4n) is 3.96. The summed E-state index contributed by atoms with van der Waals surface area (Å²) in [6.45, 7) is 1.50. The van der Waals surface area contributed by atoms with E-state index in [4.69, 9.17) is 9.47 Å². The topological polar surface area (TPSA) is 88.2 Å². The van der Waals surface area contributed by atoms with Crippen molar-refractivity contribution < 1.29 is 28.2 Å². The lowest BCUT2D eigenvalue weighted by atomic mass is 9.96. The lowest BCUT2D eigenvalue weighted by Crippen LogP contribution is -2.53. The molecule has 8 nitrogen and oxygen atoms in total. The zero-order chi connectivity index (χ0) is 21.1. The fraction of sp³-hybridized carbons (Fsp3) is 0.550. The first-order valence-electron chi connectivity index (χ1n) is 9.50. The monoisotopic (exact) mass is 407 g/mol. The van der Waals surface area contributed by atoms with E-state index in [-0.39, 0.29) is 42.6 Å². The summed E-state index contributed by atoms with van der Waals surface area (Å²) in [5, 5.41) is 2.32. The van der Waals surface area contributed by atoms with Crippen LogP contribution in [0.5, 0.6) is 0 Å². The van der Waals surface area contributed by atoms with E-state index in [0.29, 0.717) is 37.0 Å². The number of ether oxygens (including phenoxy) is 2. The number of nitrogens with zero attached hydrogens (tertiary/aromatic N) is 2. The quantitative estimate of drug-likeness (QED) is 0.390. The minimum Gasteiger partial charge on any atom is -0.370 e. The Morgan fingerprint density at radius 2 is 2.00 bits per heavy atom. The predicted molar refractivity (Wildman–Crippen MR) is 103 cm³/mol. The summed E-state index contributed by atoms with van der Waals surface area (Å²) in [4.78, 5) is 38.6. The summed E-state index contributed by atoms with van der Waals surface area (Å²) in [7, 11) is 4.89. The molecule has 29 heavy (non-hydrogen) atoms. The van der Waals surface area contributed by atoms with Crippen LogP contribution in [-0.4, -0.2) is 69.7 Å². The van der Waals surface area contributed by atoms with E-state index in [9.17, 15) is 18.8 Å². The maximum absolute atomic E-state index is 14.6. The van der Waals surface area contributed by atoms with Gasteiger partial charge in [-0.1, -0.05) is 0 Å². The van der Waals surface area contributed by atoms with E-state index < -0.39 is 11.9 Å². The molecule has 2 saturated heterocycles. The maximum Gasteiger partial charge on any atom is 0.243 e. The molecule has 158 valence electrons. The summed E-state index contributed by atoms with van der Waals surface area (Å²) in [6, 6.07) is 2.63. The number of halogens is 1. The number of aldehydes is 1. The van der Waals surface area contributed by atoms with Gasteiger partial charge in [-0.25, -0.2) is 4.39 Å². The molecule has 0 aliphatic carbocycles. The molecular weight excluding hydrogens is 381 g/mol. The smallest absolute Gasteiger partial charge is 0.243 e. The van der Waals surface area contributed by atoms with Gasteiger partial charge in [0.2, 0.25) is 11.8 Å². The van der Waals surface area contributed by atoms with Crippen LogP contribution in [-0.2, 0) is 25.6 Å². The van der Waals surface area contributed by atoms with Crippen molar-refractivity contribution in [1.29, 1.82) is 0 Å². The third-order valence-electron chi connectivity index (χ3n) is 5.60. The average Bonchev–Trinajstić information content (AvgIpc) is 2.63. The molecule has 1 unspecified atom stereocenters. The minimum atomic E-state index is -0.595. The predicted octanol–water partition coefficient (Wildman–Crippen LogP) is 0.930. The van der Waals surface area contributed by atoms with E-state index in [1.165, 1.54) is 6.07 Å². The zero-order valence-electron chi connectivity index (χ0n) is 16.8. The highest BCUT2D eigenvalue weighted by Crippen LogP contribution is 2.31. The van der Waals surface area contributed by atoms with Gasteiger partial charge in [-0.3, -0.25) is 24.6 Å². The second-order valence-corrected chi connectivity index (χ2v) is 7.51. The highest BCUT2D eigenvalue weighted by Gasteiger charge is 2.35.